The van der Waals surface area contributed by atoms with Crippen LogP contribution in [0, 0.1) is 17.8 Å². The molecule has 0 atom stereocenters. The number of rotatable bonds is 5. The topological polar surface area (TPSA) is 60.2 Å². The molecular weight excluding hydrogens is 314 g/mol. The van der Waals surface area contributed by atoms with E-state index in [2.05, 4.69) is 15.5 Å². The van der Waals surface area contributed by atoms with Crippen molar-refractivity contribution >= 4 is 0 Å². The minimum Gasteiger partial charge on any atom is -0.481 e. The van der Waals surface area contributed by atoms with Crippen molar-refractivity contribution in [3.05, 3.63) is 30.1 Å². The van der Waals surface area contributed by atoms with E-state index in [4.69, 9.17) is 9.26 Å². The molecule has 0 aromatic carbocycles. The van der Waals surface area contributed by atoms with Gasteiger partial charge in [0.25, 0.3) is 0 Å². The Morgan fingerprint density at radius 1 is 1.16 bits per heavy atom. The molecule has 0 unspecified atom stereocenters. The molecule has 2 aromatic heterocycles. The van der Waals surface area contributed by atoms with E-state index in [1.54, 1.807) is 13.3 Å². The highest BCUT2D eigenvalue weighted by Crippen LogP contribution is 2.55. The summed E-state index contributed by atoms with van der Waals surface area (Å²) in [5, 5.41) is 8.12. The lowest BCUT2D eigenvalue weighted by molar-refractivity contribution is -0.0208. The number of pyridine rings is 1. The molecule has 6 rings (SSSR count). The van der Waals surface area contributed by atoms with Gasteiger partial charge in [0.05, 0.1) is 12.8 Å². The first kappa shape index (κ1) is 15.4. The highest BCUT2D eigenvalue weighted by Gasteiger charge is 2.50. The standard InChI is InChI=1S/C20H25N3O2/c1-24-19-3-2-16(11-21-19)18-7-17(23-25-18)12-22-20-8-13-4-14(9-20)6-15(5-13)10-20/h2-3,7,11,13-15,22H,4-6,8-10,12H2,1H3. The number of ether oxygens (including phenoxy) is 1. The van der Waals surface area contributed by atoms with E-state index in [9.17, 15) is 0 Å². The first-order valence-corrected chi connectivity index (χ1v) is 9.42. The minimum atomic E-state index is 0.357. The molecule has 0 radical (unpaired) electrons. The van der Waals surface area contributed by atoms with Crippen molar-refractivity contribution < 1.29 is 9.26 Å². The number of hydrogen-bond donors (Lipinski definition) is 1. The van der Waals surface area contributed by atoms with Gasteiger partial charge in [0.15, 0.2) is 5.76 Å². The van der Waals surface area contributed by atoms with Crippen LogP contribution in [-0.4, -0.2) is 22.8 Å². The second-order valence-electron chi connectivity index (χ2n) is 8.32. The molecule has 1 N–H and O–H groups in total. The third-order valence-corrected chi connectivity index (χ3v) is 6.47. The van der Waals surface area contributed by atoms with Crippen LogP contribution in [0.1, 0.15) is 44.2 Å². The van der Waals surface area contributed by atoms with Gasteiger partial charge in [-0.1, -0.05) is 5.16 Å². The van der Waals surface area contributed by atoms with Gasteiger partial charge in [0, 0.05) is 36.0 Å². The summed E-state index contributed by atoms with van der Waals surface area (Å²) in [6, 6.07) is 5.81. The lowest BCUT2D eigenvalue weighted by Gasteiger charge is -2.57. The number of nitrogens with zero attached hydrogens (tertiary/aromatic N) is 2. The molecule has 4 bridgehead atoms. The van der Waals surface area contributed by atoms with Gasteiger partial charge in [-0.3, -0.25) is 0 Å². The van der Waals surface area contributed by atoms with E-state index < -0.39 is 0 Å². The summed E-state index contributed by atoms with van der Waals surface area (Å²) in [6.07, 6.45) is 10.2. The molecule has 5 heteroatoms. The Hall–Kier alpha value is -1.88. The van der Waals surface area contributed by atoms with Crippen molar-refractivity contribution in [2.24, 2.45) is 17.8 Å². The van der Waals surface area contributed by atoms with Gasteiger partial charge >= 0.3 is 0 Å². The fourth-order valence-electron chi connectivity index (χ4n) is 5.78. The minimum absolute atomic E-state index is 0.357. The summed E-state index contributed by atoms with van der Waals surface area (Å²) < 4.78 is 10.6. The summed E-state index contributed by atoms with van der Waals surface area (Å²) in [5.74, 6) is 4.23. The van der Waals surface area contributed by atoms with Gasteiger partial charge in [0.1, 0.15) is 0 Å². The lowest BCUT2D eigenvalue weighted by atomic mass is 9.53. The van der Waals surface area contributed by atoms with Crippen molar-refractivity contribution in [3.8, 4) is 17.2 Å². The van der Waals surface area contributed by atoms with Crippen LogP contribution in [0.4, 0.5) is 0 Å². The van der Waals surface area contributed by atoms with E-state index in [0.717, 1.165) is 41.3 Å². The molecule has 2 heterocycles. The summed E-state index contributed by atoms with van der Waals surface area (Å²) in [7, 11) is 1.62. The van der Waals surface area contributed by atoms with E-state index in [0.29, 0.717) is 11.4 Å². The van der Waals surface area contributed by atoms with Crippen LogP contribution in [0.3, 0.4) is 0 Å². The largest absolute Gasteiger partial charge is 0.481 e. The number of aromatic nitrogens is 2. The molecule has 0 saturated heterocycles. The van der Waals surface area contributed by atoms with Gasteiger partial charge in [-0.05, 0) is 62.3 Å². The van der Waals surface area contributed by atoms with Gasteiger partial charge in [-0.25, -0.2) is 4.98 Å². The average molecular weight is 339 g/mol. The highest BCUT2D eigenvalue weighted by atomic mass is 16.5. The monoisotopic (exact) mass is 339 g/mol. The van der Waals surface area contributed by atoms with Crippen LogP contribution in [-0.2, 0) is 6.54 Å². The van der Waals surface area contributed by atoms with Crippen LogP contribution >= 0.6 is 0 Å². The zero-order valence-corrected chi connectivity index (χ0v) is 14.7. The first-order valence-electron chi connectivity index (χ1n) is 9.42. The molecular formula is C20H25N3O2. The van der Waals surface area contributed by atoms with Crippen molar-refractivity contribution in [3.63, 3.8) is 0 Å². The van der Waals surface area contributed by atoms with Gasteiger partial charge in [-0.2, -0.15) is 0 Å². The Labute approximate surface area is 148 Å². The fourth-order valence-corrected chi connectivity index (χ4v) is 5.78. The molecule has 25 heavy (non-hydrogen) atoms. The summed E-state index contributed by atoms with van der Waals surface area (Å²) in [6.45, 7) is 0.791. The SMILES string of the molecule is COc1ccc(-c2cc(CNC34CC5CC(CC(C5)C3)C4)no2)cn1. The molecule has 4 saturated carbocycles. The van der Waals surface area contributed by atoms with Crippen LogP contribution in [0.15, 0.2) is 28.9 Å². The lowest BCUT2D eigenvalue weighted by Crippen LogP contribution is -2.58. The van der Waals surface area contributed by atoms with Crippen molar-refractivity contribution in [2.75, 3.05) is 7.11 Å². The summed E-state index contributed by atoms with van der Waals surface area (Å²) >= 11 is 0. The zero-order valence-electron chi connectivity index (χ0n) is 14.7. The normalized spacial score (nSPS) is 32.9. The van der Waals surface area contributed by atoms with Crippen LogP contribution in [0.2, 0.25) is 0 Å². The third kappa shape index (κ3) is 2.84. The van der Waals surface area contributed by atoms with Crippen LogP contribution in [0.25, 0.3) is 11.3 Å². The molecule has 132 valence electrons. The third-order valence-electron chi connectivity index (χ3n) is 6.47. The maximum atomic E-state index is 5.52. The van der Waals surface area contributed by atoms with Crippen molar-refractivity contribution in [2.45, 2.75) is 50.6 Å². The maximum absolute atomic E-state index is 5.52. The second-order valence-corrected chi connectivity index (χ2v) is 8.32. The molecule has 4 aliphatic rings. The second kappa shape index (κ2) is 5.84. The Kier molecular flexibility index (Phi) is 3.59. The predicted octanol–water partition coefficient (Wildman–Crippen LogP) is 3.80. The van der Waals surface area contributed by atoms with E-state index >= 15 is 0 Å². The van der Waals surface area contributed by atoms with Gasteiger partial charge in [0.2, 0.25) is 5.88 Å². The maximum Gasteiger partial charge on any atom is 0.212 e. The van der Waals surface area contributed by atoms with E-state index in [-0.39, 0.29) is 0 Å². The molecule has 0 spiro atoms. The smallest absolute Gasteiger partial charge is 0.212 e. The van der Waals surface area contributed by atoms with Crippen LogP contribution < -0.4 is 10.1 Å². The van der Waals surface area contributed by atoms with Crippen molar-refractivity contribution in [1.29, 1.82) is 0 Å². The predicted molar refractivity (Wildman–Crippen MR) is 94.0 cm³/mol. The Bertz CT molecular complexity index is 717. The summed E-state index contributed by atoms with van der Waals surface area (Å²) in [5.41, 5.74) is 2.26. The zero-order chi connectivity index (χ0) is 16.9. The molecule has 4 fully saturated rings. The molecule has 2 aromatic rings. The fraction of sp³-hybridized carbons (Fsp3) is 0.600. The number of nitrogens with one attached hydrogen (secondary N) is 1. The molecule has 0 aliphatic heterocycles. The van der Waals surface area contributed by atoms with E-state index in [1.165, 1.54) is 38.5 Å². The molecule has 4 aliphatic carbocycles. The molecule has 5 nitrogen and oxygen atoms in total. The van der Waals surface area contributed by atoms with Gasteiger partial charge < -0.3 is 14.6 Å². The Morgan fingerprint density at radius 2 is 1.88 bits per heavy atom. The number of hydrogen-bond acceptors (Lipinski definition) is 5. The average Bonchev–Trinajstić information content (AvgIpc) is 3.08. The molecule has 0 amide bonds. The summed E-state index contributed by atoms with van der Waals surface area (Å²) in [4.78, 5) is 4.23. The van der Waals surface area contributed by atoms with Gasteiger partial charge in [-0.15, -0.1) is 0 Å². The Balaban J connectivity index is 1.27. The Morgan fingerprint density at radius 3 is 2.48 bits per heavy atom. The first-order chi connectivity index (χ1) is 12.2. The van der Waals surface area contributed by atoms with Crippen LogP contribution in [0.5, 0.6) is 5.88 Å². The quantitative estimate of drug-likeness (QED) is 0.898. The van der Waals surface area contributed by atoms with Crippen molar-refractivity contribution in [1.82, 2.24) is 15.5 Å². The highest BCUT2D eigenvalue weighted by molar-refractivity contribution is 5.56. The number of methoxy groups -OCH3 is 1. The van der Waals surface area contributed by atoms with E-state index in [1.807, 2.05) is 18.2 Å².